The van der Waals surface area contributed by atoms with Gasteiger partial charge in [-0.25, -0.2) is 12.2 Å². The summed E-state index contributed by atoms with van der Waals surface area (Å²) in [4.78, 5) is 0. The van der Waals surface area contributed by atoms with Gasteiger partial charge >= 0.3 is 79.8 Å². The van der Waals surface area contributed by atoms with E-state index in [1.807, 2.05) is 12.2 Å². The van der Waals surface area contributed by atoms with Crippen LogP contribution in [0.5, 0.6) is 0 Å². The molecule has 4 aromatic carbocycles. The first-order valence-corrected chi connectivity index (χ1v) is 20.7. The van der Waals surface area contributed by atoms with Gasteiger partial charge in [0.1, 0.15) is 0 Å². The van der Waals surface area contributed by atoms with Crippen molar-refractivity contribution in [3.63, 3.8) is 0 Å². The molecule has 2 aliphatic rings. The van der Waals surface area contributed by atoms with E-state index < -0.39 is 0 Å². The van der Waals surface area contributed by atoms with Crippen LogP contribution in [0.25, 0.3) is 11.1 Å². The largest absolute Gasteiger partial charge is 1.00 e. The minimum absolute atomic E-state index is 0. The van der Waals surface area contributed by atoms with Crippen LogP contribution in [0.1, 0.15) is 155 Å². The summed E-state index contributed by atoms with van der Waals surface area (Å²) in [5.74, 6) is 0.871. The summed E-state index contributed by atoms with van der Waals surface area (Å²) in [6.45, 7) is 13.7. The summed E-state index contributed by atoms with van der Waals surface area (Å²) in [6.07, 6.45) is 24.0. The van der Waals surface area contributed by atoms with Gasteiger partial charge in [0, 0.05) is 5.92 Å². The minimum Gasteiger partial charge on any atom is -1.00 e. The Morgan fingerprint density at radius 1 is 0.692 bits per heavy atom. The summed E-state index contributed by atoms with van der Waals surface area (Å²) >= 11 is 1.67. The first kappa shape index (κ1) is 45.8. The van der Waals surface area contributed by atoms with Gasteiger partial charge in [0.15, 0.2) is 0 Å². The van der Waals surface area contributed by atoms with Gasteiger partial charge in [0.05, 0.1) is 0 Å². The molecule has 0 nitrogen and oxygen atoms in total. The van der Waals surface area contributed by atoms with Crippen LogP contribution in [0.3, 0.4) is 0 Å². The van der Waals surface area contributed by atoms with Crippen LogP contribution in [-0.4, -0.2) is 3.21 Å². The molecule has 0 radical (unpaired) electrons. The van der Waals surface area contributed by atoms with Crippen molar-refractivity contribution in [1.29, 1.82) is 0 Å². The number of hydrogen-bond acceptors (Lipinski definition) is 0. The third-order valence-electron chi connectivity index (χ3n) is 10.1. The van der Waals surface area contributed by atoms with Gasteiger partial charge in [-0.3, -0.25) is 6.08 Å². The molecule has 0 saturated heterocycles. The van der Waals surface area contributed by atoms with Crippen molar-refractivity contribution in [2.45, 2.75) is 130 Å². The van der Waals surface area contributed by atoms with Crippen molar-refractivity contribution in [3.05, 3.63) is 154 Å². The van der Waals surface area contributed by atoms with Crippen LogP contribution in [0, 0.1) is 26.0 Å². The summed E-state index contributed by atoms with van der Waals surface area (Å²) < 4.78 is 1.79. The summed E-state index contributed by atoms with van der Waals surface area (Å²) in [6, 6.07) is 33.4. The van der Waals surface area contributed by atoms with E-state index >= 15 is 0 Å². The number of aryl methyl sites for hydroxylation is 2. The second kappa shape index (κ2) is 24.9. The number of hydrogen-bond donors (Lipinski definition) is 0. The average Bonchev–Trinajstić information content (AvgIpc) is 3.84. The van der Waals surface area contributed by atoms with Crippen molar-refractivity contribution in [2.75, 3.05) is 0 Å². The van der Waals surface area contributed by atoms with Crippen molar-refractivity contribution < 1.29 is 49.0 Å². The van der Waals surface area contributed by atoms with E-state index in [2.05, 4.69) is 139 Å². The third-order valence-corrected chi connectivity index (χ3v) is 11.3. The Labute approximate surface area is 345 Å². The Balaban J connectivity index is 0.000000462. The molecule has 52 heavy (non-hydrogen) atoms. The molecular weight excluding hydrogens is 751 g/mol. The maximum atomic E-state index is 3.84. The summed E-state index contributed by atoms with van der Waals surface area (Å²) in [7, 11) is 0. The zero-order chi connectivity index (χ0) is 35.7. The Hall–Kier alpha value is -2.31. The minimum atomic E-state index is 0. The zero-order valence-electron chi connectivity index (χ0n) is 32.6. The smallest absolute Gasteiger partial charge is 0.109 e. The number of rotatable bonds is 14. The van der Waals surface area contributed by atoms with Crippen LogP contribution in [0.4, 0.5) is 0 Å². The third kappa shape index (κ3) is 13.2. The summed E-state index contributed by atoms with van der Waals surface area (Å²) in [5, 5.41) is 0. The van der Waals surface area contributed by atoms with E-state index in [1.54, 1.807) is 27.4 Å². The molecule has 2 atom stereocenters. The van der Waals surface area contributed by atoms with Crippen LogP contribution in [0.15, 0.2) is 97.1 Å². The SMILES string of the molecule is CCCC(c1ccccc1)c1cc2c([c-]c1C)Cc1cc(C)c(C(CCC)c3ccccc3)cc1-2.CCCC[C](=[Zr+2])CCCC.[C-]1=CC=CC1.[Cl-].[Cl-]. The van der Waals surface area contributed by atoms with Gasteiger partial charge in [0.2, 0.25) is 0 Å². The fourth-order valence-corrected chi connectivity index (χ4v) is 8.27. The Bertz CT molecular complexity index is 1560. The molecule has 0 fully saturated rings. The maximum Gasteiger partial charge on any atom is -0.109 e. The molecule has 0 spiro atoms. The molecule has 0 heterocycles. The van der Waals surface area contributed by atoms with Crippen LogP contribution >= 0.6 is 0 Å². The molecule has 4 aromatic rings. The second-order valence-electron chi connectivity index (χ2n) is 14.1. The Morgan fingerprint density at radius 2 is 1.23 bits per heavy atom. The normalized spacial score (nSPS) is 12.9. The molecule has 0 amide bonds. The number of fused-ring (bicyclic) bond motifs is 3. The van der Waals surface area contributed by atoms with E-state index in [0.29, 0.717) is 11.8 Å². The van der Waals surface area contributed by atoms with E-state index in [4.69, 9.17) is 0 Å². The van der Waals surface area contributed by atoms with Crippen LogP contribution in [-0.2, 0) is 30.7 Å². The zero-order valence-corrected chi connectivity index (χ0v) is 36.6. The molecule has 0 N–H and O–H groups in total. The fourth-order valence-electron chi connectivity index (χ4n) is 7.40. The standard InChI is InChI=1S/C35H37.C9H18.C5H5.2ClH.Zr/c1-5-13-30(26-15-9-7-10-16-26)32-22-34-28(19-24(32)3)21-29-20-25(4)33(23-35(29)34)31(14-6-2)27-17-11-8-12-18-27;1-3-5-7-9-8-6-4-2;1-2-4-5-3-1;;;/h7-12,15-19,22-23,30-31H,5-6,13-14,21H2,1-4H3;3-8H2,1-2H3;1-3H,4H2;2*1H;/q-1;;-1;;;+2/p-2. The molecule has 0 aromatic heterocycles. The van der Waals surface area contributed by atoms with Gasteiger partial charge in [-0.15, -0.1) is 23.1 Å². The maximum absolute atomic E-state index is 3.84. The predicted molar refractivity (Wildman–Crippen MR) is 215 cm³/mol. The van der Waals surface area contributed by atoms with Gasteiger partial charge in [-0.2, -0.15) is 23.8 Å². The van der Waals surface area contributed by atoms with E-state index in [-0.39, 0.29) is 24.8 Å². The van der Waals surface area contributed by atoms with Crippen LogP contribution < -0.4 is 24.8 Å². The van der Waals surface area contributed by atoms with Gasteiger partial charge < -0.3 is 24.8 Å². The molecule has 0 saturated carbocycles. The molecule has 2 aliphatic carbocycles. The number of benzene rings is 4. The topological polar surface area (TPSA) is 0 Å². The monoisotopic (exact) mass is 808 g/mol. The fraction of sp³-hybridized carbons (Fsp3) is 0.408. The van der Waals surface area contributed by atoms with Gasteiger partial charge in [-0.05, 0) is 47.9 Å². The van der Waals surface area contributed by atoms with Gasteiger partial charge in [0.25, 0.3) is 0 Å². The van der Waals surface area contributed by atoms with Gasteiger partial charge in [-0.1, -0.05) is 124 Å². The van der Waals surface area contributed by atoms with Crippen molar-refractivity contribution in [1.82, 2.24) is 0 Å². The van der Waals surface area contributed by atoms with Crippen molar-refractivity contribution in [2.24, 2.45) is 0 Å². The number of unbranched alkanes of at least 4 members (excludes halogenated alkanes) is 2. The van der Waals surface area contributed by atoms with E-state index in [9.17, 15) is 0 Å². The number of halogens is 2. The second-order valence-corrected chi connectivity index (χ2v) is 15.8. The molecule has 2 unspecified atom stereocenters. The molecule has 0 bridgehead atoms. The molecule has 276 valence electrons. The van der Waals surface area contributed by atoms with E-state index in [0.717, 1.165) is 19.3 Å². The van der Waals surface area contributed by atoms with Crippen molar-refractivity contribution in [3.8, 4) is 11.1 Å². The number of allylic oxidation sites excluding steroid dienone is 4. The molecule has 6 rings (SSSR count). The van der Waals surface area contributed by atoms with Crippen molar-refractivity contribution >= 4 is 3.21 Å². The molecule has 0 aliphatic heterocycles. The molecular formula is C49H60Cl2Zr-2. The molecule has 3 heteroatoms. The Kier molecular flexibility index (Phi) is 22.0. The van der Waals surface area contributed by atoms with E-state index in [1.165, 1.54) is 113 Å². The first-order chi connectivity index (χ1) is 24.4. The predicted octanol–water partition coefficient (Wildman–Crippen LogP) is 7.94. The first-order valence-electron chi connectivity index (χ1n) is 19.5. The van der Waals surface area contributed by atoms with Crippen LogP contribution in [0.2, 0.25) is 0 Å². The Morgan fingerprint density at radius 3 is 1.69 bits per heavy atom. The average molecular weight is 811 g/mol. The summed E-state index contributed by atoms with van der Waals surface area (Å²) in [5.41, 5.74) is 14.2. The quantitative estimate of drug-likeness (QED) is 0.100.